The molecule has 2 fully saturated rings. The minimum Gasteiger partial charge on any atom is -0.479 e. The fraction of sp³-hybridized carbons (Fsp3) is 0.750. The van der Waals surface area contributed by atoms with E-state index >= 15 is 0 Å². The lowest BCUT2D eigenvalue weighted by molar-refractivity contribution is -0.0542. The molecule has 0 spiro atoms. The monoisotopic (exact) mass is 462 g/mol. The van der Waals surface area contributed by atoms with Crippen molar-refractivity contribution in [1.29, 1.82) is 0 Å². The highest BCUT2D eigenvalue weighted by molar-refractivity contribution is 5.36. The van der Waals surface area contributed by atoms with E-state index in [9.17, 15) is 0 Å². The Balaban J connectivity index is 1.25. The molecule has 2 nitrogen and oxygen atoms in total. The van der Waals surface area contributed by atoms with Crippen molar-refractivity contribution in [3.63, 3.8) is 0 Å². The fourth-order valence-corrected chi connectivity index (χ4v) is 6.55. The lowest BCUT2D eigenvalue weighted by Crippen LogP contribution is -2.42. The van der Waals surface area contributed by atoms with Gasteiger partial charge in [0, 0.05) is 12.3 Å². The molecule has 0 aromatic heterocycles. The molecule has 0 amide bonds. The van der Waals surface area contributed by atoms with Gasteiger partial charge in [0.1, 0.15) is 5.60 Å². The van der Waals surface area contributed by atoms with Gasteiger partial charge >= 0.3 is 0 Å². The average molecular weight is 463 g/mol. The normalized spacial score (nSPS) is 33.6. The van der Waals surface area contributed by atoms with Crippen LogP contribution in [0.3, 0.4) is 0 Å². The molecule has 1 saturated carbocycles. The number of epoxide rings is 1. The molecule has 2 heterocycles. The number of ether oxygens (including phenoxy) is 2. The molecule has 2 heteroatoms. The number of hydrogen-bond donors (Lipinski definition) is 0. The van der Waals surface area contributed by atoms with Gasteiger partial charge in [-0.25, -0.2) is 0 Å². The van der Waals surface area contributed by atoms with Crippen molar-refractivity contribution < 1.29 is 9.47 Å². The Morgan fingerprint density at radius 2 is 1.85 bits per heavy atom. The van der Waals surface area contributed by atoms with E-state index in [0.29, 0.717) is 23.5 Å². The van der Waals surface area contributed by atoms with E-state index in [0.717, 1.165) is 30.9 Å². The van der Waals surface area contributed by atoms with Crippen molar-refractivity contribution in [2.75, 3.05) is 0 Å². The highest BCUT2D eigenvalue weighted by Gasteiger charge is 2.47. The zero-order valence-corrected chi connectivity index (χ0v) is 22.4. The van der Waals surface area contributed by atoms with Crippen molar-refractivity contribution in [2.24, 2.45) is 17.3 Å². The van der Waals surface area contributed by atoms with Crippen LogP contribution in [0.4, 0.5) is 0 Å². The minimum absolute atomic E-state index is 0.111. The lowest BCUT2D eigenvalue weighted by Gasteiger charge is -2.49. The molecule has 34 heavy (non-hydrogen) atoms. The van der Waals surface area contributed by atoms with Crippen LogP contribution in [0, 0.1) is 40.9 Å². The predicted molar refractivity (Wildman–Crippen MR) is 141 cm³/mol. The van der Waals surface area contributed by atoms with E-state index in [1.54, 1.807) is 11.1 Å². The molecule has 0 bridgehead atoms. The Hall–Kier alpha value is -1.64. The van der Waals surface area contributed by atoms with Gasteiger partial charge in [0.25, 0.3) is 0 Å². The zero-order chi connectivity index (χ0) is 24.2. The number of rotatable bonds is 7. The fourth-order valence-electron chi connectivity index (χ4n) is 6.55. The Kier molecular flexibility index (Phi) is 8.20. The zero-order valence-electron chi connectivity index (χ0n) is 22.4. The van der Waals surface area contributed by atoms with Gasteiger partial charge in [0.15, 0.2) is 5.76 Å². The standard InChI is InChI=1S/C32H46O2/c1-6-7-8-9-12-15-29-30(33-29)16-13-10-11-14-26-20-19-25-18-17-24(2)27-23-31(3,4)28(27)21-22-32(25,5)34-26/h20,25,28-30H,6-9,12,15-19,21-23H2,1-5H3. The van der Waals surface area contributed by atoms with Crippen LogP contribution in [-0.4, -0.2) is 17.8 Å². The van der Waals surface area contributed by atoms with Gasteiger partial charge in [0.2, 0.25) is 0 Å². The van der Waals surface area contributed by atoms with Crippen molar-refractivity contribution in [3.8, 4) is 23.7 Å². The van der Waals surface area contributed by atoms with Gasteiger partial charge in [-0.15, -0.1) is 0 Å². The van der Waals surface area contributed by atoms with Gasteiger partial charge in [-0.2, -0.15) is 0 Å². The van der Waals surface area contributed by atoms with E-state index in [-0.39, 0.29) is 5.60 Å². The maximum Gasteiger partial charge on any atom is 0.167 e. The highest BCUT2D eigenvalue weighted by atomic mass is 16.6. The van der Waals surface area contributed by atoms with Gasteiger partial charge in [-0.05, 0) is 94.0 Å². The van der Waals surface area contributed by atoms with Crippen molar-refractivity contribution in [1.82, 2.24) is 0 Å². The van der Waals surface area contributed by atoms with Crippen LogP contribution < -0.4 is 0 Å². The first-order valence-electron chi connectivity index (χ1n) is 14.0. The molecule has 2 aliphatic heterocycles. The summed E-state index contributed by atoms with van der Waals surface area (Å²) in [5, 5.41) is 0. The smallest absolute Gasteiger partial charge is 0.167 e. The van der Waals surface area contributed by atoms with Crippen LogP contribution in [0.2, 0.25) is 0 Å². The molecule has 1 saturated heterocycles. The second-order valence-corrected chi connectivity index (χ2v) is 12.2. The van der Waals surface area contributed by atoms with E-state index in [2.05, 4.69) is 64.4 Å². The van der Waals surface area contributed by atoms with Crippen LogP contribution >= 0.6 is 0 Å². The summed E-state index contributed by atoms with van der Waals surface area (Å²) < 4.78 is 12.4. The number of unbranched alkanes of at least 4 members (excludes halogenated alkanes) is 4. The second-order valence-electron chi connectivity index (χ2n) is 12.2. The molecule has 0 aromatic carbocycles. The largest absolute Gasteiger partial charge is 0.479 e. The van der Waals surface area contributed by atoms with Crippen LogP contribution in [0.1, 0.15) is 118 Å². The first kappa shape index (κ1) is 25.5. The molecular formula is C32H46O2. The third-order valence-corrected chi connectivity index (χ3v) is 9.07. The lowest BCUT2D eigenvalue weighted by atomic mass is 9.56. The molecule has 4 rings (SSSR count). The van der Waals surface area contributed by atoms with E-state index in [1.807, 2.05) is 0 Å². The molecule has 4 aliphatic rings. The third-order valence-electron chi connectivity index (χ3n) is 9.07. The quantitative estimate of drug-likeness (QED) is 0.165. The summed E-state index contributed by atoms with van der Waals surface area (Å²) in [7, 11) is 0. The van der Waals surface area contributed by atoms with Crippen LogP contribution in [0.15, 0.2) is 23.0 Å². The molecule has 0 aromatic rings. The van der Waals surface area contributed by atoms with Gasteiger partial charge in [-0.3, -0.25) is 0 Å². The number of hydrogen-bond acceptors (Lipinski definition) is 2. The minimum atomic E-state index is -0.111. The highest BCUT2D eigenvalue weighted by Crippen LogP contribution is 2.56. The first-order chi connectivity index (χ1) is 16.3. The number of allylic oxidation sites excluding steroid dienone is 4. The summed E-state index contributed by atoms with van der Waals surface area (Å²) in [6.07, 6.45) is 18.8. The topological polar surface area (TPSA) is 21.8 Å². The molecule has 0 N–H and O–H groups in total. The van der Waals surface area contributed by atoms with Crippen molar-refractivity contribution in [2.45, 2.75) is 136 Å². The second kappa shape index (κ2) is 11.0. The number of fused-ring (bicyclic) bond motifs is 2. The van der Waals surface area contributed by atoms with Crippen LogP contribution in [0.25, 0.3) is 0 Å². The van der Waals surface area contributed by atoms with Crippen LogP contribution in [-0.2, 0) is 9.47 Å². The Bertz CT molecular complexity index is 914. The van der Waals surface area contributed by atoms with Crippen molar-refractivity contribution in [3.05, 3.63) is 23.0 Å². The van der Waals surface area contributed by atoms with Gasteiger partial charge in [0.05, 0.1) is 12.2 Å². The molecular weight excluding hydrogens is 416 g/mol. The third kappa shape index (κ3) is 6.13. The Morgan fingerprint density at radius 1 is 1.03 bits per heavy atom. The van der Waals surface area contributed by atoms with Gasteiger partial charge < -0.3 is 9.47 Å². The average Bonchev–Trinajstić information content (AvgIpc) is 3.53. The Morgan fingerprint density at radius 3 is 2.65 bits per heavy atom. The molecule has 5 unspecified atom stereocenters. The SMILES string of the molecule is CCCCCCCC1OC1CC#CC#CC1=CCC2CCC(C)=C3CC(C)(C)C3CCC2(C)O1. The van der Waals surface area contributed by atoms with E-state index < -0.39 is 0 Å². The molecule has 0 radical (unpaired) electrons. The maximum atomic E-state index is 6.59. The molecule has 2 aliphatic carbocycles. The first-order valence-corrected chi connectivity index (χ1v) is 14.0. The predicted octanol–water partition coefficient (Wildman–Crippen LogP) is 8.13. The summed E-state index contributed by atoms with van der Waals surface area (Å²) in [6, 6.07) is 0. The summed E-state index contributed by atoms with van der Waals surface area (Å²) in [5.41, 5.74) is 3.72. The summed E-state index contributed by atoms with van der Waals surface area (Å²) in [4.78, 5) is 0. The van der Waals surface area contributed by atoms with E-state index in [4.69, 9.17) is 9.47 Å². The van der Waals surface area contributed by atoms with Gasteiger partial charge in [-0.1, -0.05) is 69.9 Å². The molecule has 186 valence electrons. The van der Waals surface area contributed by atoms with Crippen LogP contribution in [0.5, 0.6) is 0 Å². The Labute approximate surface area is 209 Å². The van der Waals surface area contributed by atoms with E-state index in [1.165, 1.54) is 64.2 Å². The summed E-state index contributed by atoms with van der Waals surface area (Å²) in [6.45, 7) is 11.8. The summed E-state index contributed by atoms with van der Waals surface area (Å²) in [5.74, 6) is 14.7. The van der Waals surface area contributed by atoms with Crippen molar-refractivity contribution >= 4 is 0 Å². The molecule has 5 atom stereocenters. The summed E-state index contributed by atoms with van der Waals surface area (Å²) >= 11 is 0. The maximum absolute atomic E-state index is 6.59.